The van der Waals surface area contributed by atoms with Gasteiger partial charge in [0.05, 0.1) is 12.2 Å². The molecule has 0 fully saturated rings. The summed E-state index contributed by atoms with van der Waals surface area (Å²) >= 11 is 0. The van der Waals surface area contributed by atoms with Crippen LogP contribution in [0.4, 0.5) is 8.78 Å². The zero-order valence-electron chi connectivity index (χ0n) is 11.5. The third-order valence-electron chi connectivity index (χ3n) is 3.00. The molecule has 6 heteroatoms. The van der Waals surface area contributed by atoms with Crippen LogP contribution in [0.3, 0.4) is 0 Å². The van der Waals surface area contributed by atoms with E-state index in [0.29, 0.717) is 5.69 Å². The lowest BCUT2D eigenvalue weighted by molar-refractivity contribution is -0.160. The van der Waals surface area contributed by atoms with Crippen LogP contribution >= 0.6 is 0 Å². The molecule has 0 unspecified atom stereocenters. The van der Waals surface area contributed by atoms with Crippen molar-refractivity contribution in [2.45, 2.75) is 19.4 Å². The van der Waals surface area contributed by atoms with E-state index >= 15 is 0 Å². The van der Waals surface area contributed by atoms with E-state index in [4.69, 9.17) is 0 Å². The maximum Gasteiger partial charge on any atom is 0.366 e. The zero-order chi connectivity index (χ0) is 15.3. The first-order valence-corrected chi connectivity index (χ1v) is 6.54. The van der Waals surface area contributed by atoms with Crippen molar-refractivity contribution in [3.05, 3.63) is 60.2 Å². The molecule has 0 saturated heterocycles. The molecule has 2 rings (SSSR count). The Hall–Kier alpha value is -2.37. The summed E-state index contributed by atoms with van der Waals surface area (Å²) in [5.74, 6) is -4.92. The Morgan fingerprint density at radius 2 is 1.81 bits per heavy atom. The van der Waals surface area contributed by atoms with Crippen LogP contribution in [-0.4, -0.2) is 27.3 Å². The molecule has 0 N–H and O–H groups in total. The molecule has 2 heterocycles. The molecule has 2 aromatic rings. The average molecular weight is 291 g/mol. The minimum Gasteiger partial charge on any atom is -0.331 e. The van der Waals surface area contributed by atoms with Gasteiger partial charge in [-0.3, -0.25) is 14.8 Å². The smallest absolute Gasteiger partial charge is 0.331 e. The summed E-state index contributed by atoms with van der Waals surface area (Å²) in [6, 6.07) is 9.26. The Bertz CT molecular complexity index is 590. The first kappa shape index (κ1) is 15.0. The number of rotatable bonds is 5. The fourth-order valence-corrected chi connectivity index (χ4v) is 1.87. The van der Waals surface area contributed by atoms with Crippen molar-refractivity contribution in [1.82, 2.24) is 14.9 Å². The SMILES string of the molecule is CCN(Cc1ccccn1)C(=O)C(F)(F)c1ccccn1. The van der Waals surface area contributed by atoms with Crippen molar-refractivity contribution >= 4 is 5.91 Å². The minimum atomic E-state index is -3.65. The summed E-state index contributed by atoms with van der Waals surface area (Å²) in [5, 5.41) is 0. The van der Waals surface area contributed by atoms with Gasteiger partial charge in [0.25, 0.3) is 5.91 Å². The monoisotopic (exact) mass is 291 g/mol. The van der Waals surface area contributed by atoms with Crippen molar-refractivity contribution < 1.29 is 13.6 Å². The van der Waals surface area contributed by atoms with E-state index in [1.165, 1.54) is 18.3 Å². The maximum atomic E-state index is 14.2. The molecule has 0 spiro atoms. The number of pyridine rings is 2. The summed E-state index contributed by atoms with van der Waals surface area (Å²) in [4.78, 5) is 20.8. The predicted octanol–water partition coefficient (Wildman–Crippen LogP) is 2.62. The Labute approximate surface area is 121 Å². The number of amides is 1. The average Bonchev–Trinajstić information content (AvgIpc) is 2.53. The molecule has 0 aliphatic rings. The molecule has 0 atom stereocenters. The number of aromatic nitrogens is 2. The Morgan fingerprint density at radius 1 is 1.14 bits per heavy atom. The number of likely N-dealkylation sites (N-methyl/N-ethyl adjacent to an activating group) is 1. The van der Waals surface area contributed by atoms with Crippen molar-refractivity contribution in [3.8, 4) is 0 Å². The molecule has 110 valence electrons. The largest absolute Gasteiger partial charge is 0.366 e. The van der Waals surface area contributed by atoms with Gasteiger partial charge in [-0.25, -0.2) is 0 Å². The summed E-state index contributed by atoms with van der Waals surface area (Å²) in [6.07, 6.45) is 2.80. The van der Waals surface area contributed by atoms with E-state index in [1.54, 1.807) is 31.3 Å². The van der Waals surface area contributed by atoms with Gasteiger partial charge in [-0.15, -0.1) is 0 Å². The van der Waals surface area contributed by atoms with Gasteiger partial charge < -0.3 is 4.90 Å². The normalized spacial score (nSPS) is 11.2. The topological polar surface area (TPSA) is 46.1 Å². The number of halogens is 2. The van der Waals surface area contributed by atoms with Crippen LogP contribution in [0.1, 0.15) is 18.3 Å². The van der Waals surface area contributed by atoms with Gasteiger partial charge in [-0.05, 0) is 31.2 Å². The van der Waals surface area contributed by atoms with Gasteiger partial charge >= 0.3 is 5.92 Å². The van der Waals surface area contributed by atoms with Gasteiger partial charge in [0.2, 0.25) is 0 Å². The van der Waals surface area contributed by atoms with E-state index < -0.39 is 17.5 Å². The molecule has 0 bridgehead atoms. The molecule has 0 aliphatic carbocycles. The van der Waals surface area contributed by atoms with Crippen LogP contribution in [0.2, 0.25) is 0 Å². The van der Waals surface area contributed by atoms with Crippen molar-refractivity contribution in [3.63, 3.8) is 0 Å². The first-order chi connectivity index (χ1) is 10.1. The van der Waals surface area contributed by atoms with Gasteiger partial charge in [0.15, 0.2) is 0 Å². The van der Waals surface area contributed by atoms with Gasteiger partial charge in [-0.1, -0.05) is 12.1 Å². The number of hydrogen-bond donors (Lipinski definition) is 0. The number of hydrogen-bond acceptors (Lipinski definition) is 3. The fraction of sp³-hybridized carbons (Fsp3) is 0.267. The molecule has 4 nitrogen and oxygen atoms in total. The van der Waals surface area contributed by atoms with Crippen molar-refractivity contribution in [2.75, 3.05) is 6.54 Å². The maximum absolute atomic E-state index is 14.2. The van der Waals surface area contributed by atoms with Gasteiger partial charge in [0, 0.05) is 18.9 Å². The number of nitrogens with zero attached hydrogens (tertiary/aromatic N) is 3. The lowest BCUT2D eigenvalue weighted by Crippen LogP contribution is -2.42. The van der Waals surface area contributed by atoms with E-state index in [1.807, 2.05) is 0 Å². The van der Waals surface area contributed by atoms with E-state index in [9.17, 15) is 13.6 Å². The Morgan fingerprint density at radius 3 is 2.33 bits per heavy atom. The third kappa shape index (κ3) is 3.39. The summed E-state index contributed by atoms with van der Waals surface area (Å²) < 4.78 is 28.4. The molecular weight excluding hydrogens is 276 g/mol. The van der Waals surface area contributed by atoms with Crippen LogP contribution in [0.15, 0.2) is 48.8 Å². The first-order valence-electron chi connectivity index (χ1n) is 6.54. The highest BCUT2D eigenvalue weighted by Crippen LogP contribution is 2.28. The number of carbonyl (C=O) groups excluding carboxylic acids is 1. The second-order valence-corrected chi connectivity index (χ2v) is 4.43. The highest BCUT2D eigenvalue weighted by atomic mass is 19.3. The summed E-state index contributed by atoms with van der Waals surface area (Å²) in [6.45, 7) is 1.85. The van der Waals surface area contributed by atoms with Gasteiger partial charge in [-0.2, -0.15) is 8.78 Å². The predicted molar refractivity (Wildman–Crippen MR) is 73.5 cm³/mol. The van der Waals surface area contributed by atoms with Crippen LogP contribution < -0.4 is 0 Å². The minimum absolute atomic E-state index is 0.0403. The van der Waals surface area contributed by atoms with Crippen molar-refractivity contribution in [1.29, 1.82) is 0 Å². The second-order valence-electron chi connectivity index (χ2n) is 4.43. The Balaban J connectivity index is 2.20. The highest BCUT2D eigenvalue weighted by molar-refractivity contribution is 5.84. The van der Waals surface area contributed by atoms with Crippen molar-refractivity contribution in [2.24, 2.45) is 0 Å². The quantitative estimate of drug-likeness (QED) is 0.850. The molecule has 0 radical (unpaired) electrons. The summed E-state index contributed by atoms with van der Waals surface area (Å²) in [7, 11) is 0. The van der Waals surface area contributed by atoms with E-state index in [2.05, 4.69) is 9.97 Å². The molecule has 1 amide bonds. The molecule has 0 aliphatic heterocycles. The standard InChI is InChI=1S/C15H15F2N3O/c1-2-20(11-12-7-3-5-9-18-12)14(21)15(16,17)13-8-4-6-10-19-13/h3-10H,2,11H2,1H3. The van der Waals surface area contributed by atoms with Crippen LogP contribution in [0.25, 0.3) is 0 Å². The molecule has 21 heavy (non-hydrogen) atoms. The lowest BCUT2D eigenvalue weighted by atomic mass is 10.1. The van der Waals surface area contributed by atoms with Crippen LogP contribution in [0.5, 0.6) is 0 Å². The third-order valence-corrected chi connectivity index (χ3v) is 3.00. The van der Waals surface area contributed by atoms with Crippen LogP contribution in [0, 0.1) is 0 Å². The van der Waals surface area contributed by atoms with E-state index in [0.717, 1.165) is 11.0 Å². The molecule has 0 saturated carbocycles. The number of alkyl halides is 2. The van der Waals surface area contributed by atoms with Gasteiger partial charge in [0.1, 0.15) is 5.69 Å². The number of carbonyl (C=O) groups is 1. The Kier molecular flexibility index (Phi) is 4.57. The molecule has 2 aromatic heterocycles. The fourth-order valence-electron chi connectivity index (χ4n) is 1.87. The van der Waals surface area contributed by atoms with E-state index in [-0.39, 0.29) is 13.1 Å². The second kappa shape index (κ2) is 6.39. The molecular formula is C15H15F2N3O. The summed E-state index contributed by atoms with van der Waals surface area (Å²) in [5.41, 5.74) is 0.0130. The highest BCUT2D eigenvalue weighted by Gasteiger charge is 2.44. The lowest BCUT2D eigenvalue weighted by Gasteiger charge is -2.25. The van der Waals surface area contributed by atoms with Crippen LogP contribution in [-0.2, 0) is 17.3 Å². The molecule has 0 aromatic carbocycles. The zero-order valence-corrected chi connectivity index (χ0v) is 11.5.